The van der Waals surface area contributed by atoms with Crippen molar-refractivity contribution in [2.45, 2.75) is 50.0 Å². The van der Waals surface area contributed by atoms with Crippen molar-refractivity contribution in [2.75, 3.05) is 19.6 Å². The summed E-state index contributed by atoms with van der Waals surface area (Å²) < 4.78 is 28.0. The van der Waals surface area contributed by atoms with Crippen LogP contribution in [0.5, 0.6) is 0 Å². The molecule has 0 saturated carbocycles. The molecule has 2 aliphatic rings. The van der Waals surface area contributed by atoms with Crippen LogP contribution in [-0.4, -0.2) is 37.9 Å². The van der Waals surface area contributed by atoms with Crippen molar-refractivity contribution in [3.63, 3.8) is 0 Å². The van der Waals surface area contributed by atoms with Gasteiger partial charge < -0.3 is 5.32 Å². The average molecular weight is 359 g/mol. The van der Waals surface area contributed by atoms with Gasteiger partial charge in [-0.1, -0.05) is 18.2 Å². The van der Waals surface area contributed by atoms with E-state index in [0.29, 0.717) is 11.4 Å². The van der Waals surface area contributed by atoms with Gasteiger partial charge in [0.15, 0.2) is 0 Å². The third-order valence-electron chi connectivity index (χ3n) is 5.42. The summed E-state index contributed by atoms with van der Waals surface area (Å²) in [6, 6.07) is 8.85. The van der Waals surface area contributed by atoms with Crippen LogP contribution in [-0.2, 0) is 10.0 Å². The van der Waals surface area contributed by atoms with Crippen LogP contribution in [0.4, 0.5) is 0 Å². The smallest absolute Gasteiger partial charge is 0.243 e. The van der Waals surface area contributed by atoms with E-state index in [0.717, 1.165) is 38.8 Å². The highest BCUT2D eigenvalue weighted by atomic mass is 35.5. The van der Waals surface area contributed by atoms with Crippen LogP contribution >= 0.6 is 12.4 Å². The fourth-order valence-corrected chi connectivity index (χ4v) is 5.73. The zero-order valence-corrected chi connectivity index (χ0v) is 15.5. The molecular formula is C17H27ClN2O2S. The second kappa shape index (κ2) is 6.71. The number of benzene rings is 1. The number of hydrogen-bond donors (Lipinski definition) is 1. The minimum absolute atomic E-state index is 0. The maximum atomic E-state index is 13.1. The van der Waals surface area contributed by atoms with Gasteiger partial charge in [-0.05, 0) is 70.2 Å². The van der Waals surface area contributed by atoms with Crippen molar-refractivity contribution >= 4 is 22.4 Å². The van der Waals surface area contributed by atoms with Gasteiger partial charge in [0.2, 0.25) is 10.0 Å². The predicted molar refractivity (Wildman–Crippen MR) is 95.4 cm³/mol. The summed E-state index contributed by atoms with van der Waals surface area (Å²) in [5.74, 6) is 0. The van der Waals surface area contributed by atoms with E-state index in [1.807, 2.05) is 6.07 Å². The maximum absolute atomic E-state index is 13.1. The van der Waals surface area contributed by atoms with Gasteiger partial charge in [-0.15, -0.1) is 12.4 Å². The third-order valence-corrected chi connectivity index (χ3v) is 7.49. The number of rotatable bonds is 2. The van der Waals surface area contributed by atoms with Crippen LogP contribution in [0.15, 0.2) is 35.2 Å². The van der Waals surface area contributed by atoms with Crippen molar-refractivity contribution in [3.05, 3.63) is 30.3 Å². The van der Waals surface area contributed by atoms with Gasteiger partial charge in [0.05, 0.1) is 4.90 Å². The molecule has 0 atom stereocenters. The molecule has 0 amide bonds. The van der Waals surface area contributed by atoms with E-state index in [9.17, 15) is 8.42 Å². The molecule has 1 spiro atoms. The maximum Gasteiger partial charge on any atom is 0.243 e. The van der Waals surface area contributed by atoms with Gasteiger partial charge >= 0.3 is 0 Å². The molecule has 23 heavy (non-hydrogen) atoms. The molecule has 130 valence electrons. The van der Waals surface area contributed by atoms with Crippen LogP contribution in [0.25, 0.3) is 0 Å². The average Bonchev–Trinajstić information content (AvgIpc) is 2.52. The molecule has 1 N–H and O–H groups in total. The van der Waals surface area contributed by atoms with Crippen LogP contribution in [0.2, 0.25) is 0 Å². The van der Waals surface area contributed by atoms with E-state index in [-0.39, 0.29) is 23.4 Å². The van der Waals surface area contributed by atoms with Crippen molar-refractivity contribution in [1.82, 2.24) is 9.62 Å². The van der Waals surface area contributed by atoms with Gasteiger partial charge in [0, 0.05) is 12.1 Å². The minimum atomic E-state index is -3.43. The molecule has 4 nitrogen and oxygen atoms in total. The topological polar surface area (TPSA) is 49.4 Å². The highest BCUT2D eigenvalue weighted by Crippen LogP contribution is 2.45. The molecule has 2 saturated heterocycles. The van der Waals surface area contributed by atoms with E-state index in [4.69, 9.17) is 0 Å². The molecule has 0 aromatic heterocycles. The van der Waals surface area contributed by atoms with Gasteiger partial charge in [0.25, 0.3) is 0 Å². The lowest BCUT2D eigenvalue weighted by molar-refractivity contribution is 0.0348. The van der Waals surface area contributed by atoms with E-state index in [1.165, 1.54) is 0 Å². The SMILES string of the molecule is CC1(C)CCC2(CCNCC2)CN1S(=O)(=O)c1ccccc1.Cl. The third kappa shape index (κ3) is 3.58. The molecule has 0 unspecified atom stereocenters. The number of nitrogens with zero attached hydrogens (tertiary/aromatic N) is 1. The number of piperidine rings is 2. The summed E-state index contributed by atoms with van der Waals surface area (Å²) in [6.45, 7) is 6.76. The first-order valence-electron chi connectivity index (χ1n) is 8.15. The van der Waals surface area contributed by atoms with E-state index in [2.05, 4.69) is 19.2 Å². The normalized spacial score (nSPS) is 24.1. The Labute approximate surface area is 146 Å². The van der Waals surface area contributed by atoms with Crippen LogP contribution in [0, 0.1) is 5.41 Å². The molecule has 2 fully saturated rings. The summed E-state index contributed by atoms with van der Waals surface area (Å²) in [4.78, 5) is 0.411. The molecule has 0 bridgehead atoms. The van der Waals surface area contributed by atoms with E-state index >= 15 is 0 Å². The van der Waals surface area contributed by atoms with Crippen LogP contribution < -0.4 is 5.32 Å². The lowest BCUT2D eigenvalue weighted by Crippen LogP contribution is -2.58. The minimum Gasteiger partial charge on any atom is -0.317 e. The van der Waals surface area contributed by atoms with Crippen molar-refractivity contribution in [3.8, 4) is 0 Å². The van der Waals surface area contributed by atoms with Gasteiger partial charge in [0.1, 0.15) is 0 Å². The van der Waals surface area contributed by atoms with Gasteiger partial charge in [-0.2, -0.15) is 4.31 Å². The molecule has 1 aromatic rings. The van der Waals surface area contributed by atoms with Crippen molar-refractivity contribution in [1.29, 1.82) is 0 Å². The molecule has 3 rings (SSSR count). The van der Waals surface area contributed by atoms with Crippen LogP contribution in [0.3, 0.4) is 0 Å². The second-order valence-corrected chi connectivity index (χ2v) is 9.25. The standard InChI is InChI=1S/C17H26N2O2S.ClH/c1-16(2)8-9-17(10-12-18-13-11-17)14-19(16)22(20,21)15-6-4-3-5-7-15;/h3-7,18H,8-14H2,1-2H3;1H. The monoisotopic (exact) mass is 358 g/mol. The molecule has 1 aromatic carbocycles. The Kier molecular flexibility index (Phi) is 5.46. The Hall–Kier alpha value is -0.620. The molecule has 0 aliphatic carbocycles. The Morgan fingerprint density at radius 1 is 1.00 bits per heavy atom. The summed E-state index contributed by atoms with van der Waals surface area (Å²) in [7, 11) is -3.43. The van der Waals surface area contributed by atoms with Crippen molar-refractivity contribution < 1.29 is 8.42 Å². The summed E-state index contributed by atoms with van der Waals surface area (Å²) >= 11 is 0. The molecular weight excluding hydrogens is 332 g/mol. The largest absolute Gasteiger partial charge is 0.317 e. The summed E-state index contributed by atoms with van der Waals surface area (Å²) in [5, 5.41) is 3.39. The van der Waals surface area contributed by atoms with E-state index in [1.54, 1.807) is 28.6 Å². The molecule has 6 heteroatoms. The zero-order chi connectivity index (χ0) is 15.8. The predicted octanol–water partition coefficient (Wildman–Crippen LogP) is 3.04. The number of nitrogens with one attached hydrogen (secondary N) is 1. The Balaban J connectivity index is 0.00000192. The first kappa shape index (κ1) is 18.7. The highest BCUT2D eigenvalue weighted by molar-refractivity contribution is 7.89. The Morgan fingerprint density at radius 2 is 1.61 bits per heavy atom. The highest BCUT2D eigenvalue weighted by Gasteiger charge is 2.48. The van der Waals surface area contributed by atoms with Crippen LogP contribution in [0.1, 0.15) is 39.5 Å². The first-order valence-corrected chi connectivity index (χ1v) is 9.59. The molecule has 2 aliphatic heterocycles. The summed E-state index contributed by atoms with van der Waals surface area (Å²) in [6.07, 6.45) is 4.20. The fourth-order valence-electron chi connectivity index (χ4n) is 3.79. The Morgan fingerprint density at radius 3 is 2.22 bits per heavy atom. The number of halogens is 1. The molecule has 2 heterocycles. The number of sulfonamides is 1. The quantitative estimate of drug-likeness (QED) is 0.884. The summed E-state index contributed by atoms with van der Waals surface area (Å²) in [5.41, 5.74) is -0.159. The zero-order valence-electron chi connectivity index (χ0n) is 13.9. The lowest BCUT2D eigenvalue weighted by atomic mass is 9.70. The van der Waals surface area contributed by atoms with E-state index < -0.39 is 10.0 Å². The second-order valence-electron chi connectivity index (χ2n) is 7.39. The lowest BCUT2D eigenvalue weighted by Gasteiger charge is -2.51. The Bertz CT molecular complexity index is 625. The van der Waals surface area contributed by atoms with Gasteiger partial charge in [-0.25, -0.2) is 8.42 Å². The first-order chi connectivity index (χ1) is 10.4. The molecule has 0 radical (unpaired) electrons. The van der Waals surface area contributed by atoms with Gasteiger partial charge in [-0.3, -0.25) is 0 Å². The fraction of sp³-hybridized carbons (Fsp3) is 0.647. The van der Waals surface area contributed by atoms with Crippen molar-refractivity contribution in [2.24, 2.45) is 5.41 Å². The number of hydrogen-bond acceptors (Lipinski definition) is 3.